The molecule has 1 aliphatic rings. The lowest BCUT2D eigenvalue weighted by molar-refractivity contribution is -0.120. The molecule has 1 atom stereocenters. The van der Waals surface area contributed by atoms with Gasteiger partial charge in [0.05, 0.1) is 5.69 Å². The first-order chi connectivity index (χ1) is 16.1. The molecule has 0 heterocycles. The fraction of sp³-hybridized carbons (Fsp3) is 0.259. The molecule has 170 valence electrons. The summed E-state index contributed by atoms with van der Waals surface area (Å²) in [4.78, 5) is 26.5. The maximum Gasteiger partial charge on any atom is 0.242 e. The van der Waals surface area contributed by atoms with Crippen LogP contribution in [0.2, 0.25) is 0 Å². The van der Waals surface area contributed by atoms with Gasteiger partial charge in [0.25, 0.3) is 0 Å². The molecule has 1 saturated carbocycles. The van der Waals surface area contributed by atoms with Gasteiger partial charge in [0.1, 0.15) is 11.1 Å². The van der Waals surface area contributed by atoms with Crippen molar-refractivity contribution in [1.29, 1.82) is 0 Å². The predicted molar refractivity (Wildman–Crippen MR) is 132 cm³/mol. The summed E-state index contributed by atoms with van der Waals surface area (Å²) in [6, 6.07) is 23.1. The Morgan fingerprint density at radius 1 is 0.818 bits per heavy atom. The third kappa shape index (κ3) is 6.23. The Hall–Kier alpha value is -3.12. The number of carbonyl (C=O) groups is 2. The molecule has 0 aliphatic heterocycles. The number of thioether (sulfide) groups is 1. The summed E-state index contributed by atoms with van der Waals surface area (Å²) in [5.41, 5.74) is 1.73. The van der Waals surface area contributed by atoms with Crippen molar-refractivity contribution in [3.63, 3.8) is 0 Å². The van der Waals surface area contributed by atoms with Crippen LogP contribution in [-0.2, 0) is 9.59 Å². The van der Waals surface area contributed by atoms with Gasteiger partial charge in [-0.25, -0.2) is 4.39 Å². The van der Waals surface area contributed by atoms with Crippen LogP contribution in [0.1, 0.15) is 42.9 Å². The Labute approximate surface area is 198 Å². The number of rotatable bonds is 7. The highest BCUT2D eigenvalue weighted by Crippen LogP contribution is 2.37. The van der Waals surface area contributed by atoms with Crippen LogP contribution in [0.15, 0.2) is 83.8 Å². The molecule has 0 spiro atoms. The summed E-state index contributed by atoms with van der Waals surface area (Å²) in [6.07, 6.45) is 5.35. The van der Waals surface area contributed by atoms with E-state index >= 15 is 0 Å². The molecule has 1 unspecified atom stereocenters. The first-order valence-corrected chi connectivity index (χ1v) is 12.2. The van der Waals surface area contributed by atoms with Crippen molar-refractivity contribution in [2.75, 3.05) is 10.6 Å². The average molecular weight is 463 g/mol. The zero-order valence-corrected chi connectivity index (χ0v) is 19.1. The van der Waals surface area contributed by atoms with E-state index in [1.54, 1.807) is 18.2 Å². The largest absolute Gasteiger partial charge is 0.326 e. The third-order valence-corrected chi connectivity index (χ3v) is 7.09. The molecule has 0 aromatic heterocycles. The van der Waals surface area contributed by atoms with Crippen molar-refractivity contribution in [3.8, 4) is 0 Å². The van der Waals surface area contributed by atoms with Crippen LogP contribution < -0.4 is 10.6 Å². The third-order valence-electron chi connectivity index (χ3n) is 5.82. The molecule has 3 aromatic carbocycles. The smallest absolute Gasteiger partial charge is 0.242 e. The molecule has 2 amide bonds. The van der Waals surface area contributed by atoms with Crippen molar-refractivity contribution in [2.45, 2.75) is 42.2 Å². The van der Waals surface area contributed by atoms with Crippen LogP contribution in [0, 0.1) is 11.7 Å². The molecule has 3 aromatic rings. The average Bonchev–Trinajstić information content (AvgIpc) is 2.86. The molecule has 0 saturated heterocycles. The minimum Gasteiger partial charge on any atom is -0.326 e. The number of hydrogen-bond donors (Lipinski definition) is 2. The van der Waals surface area contributed by atoms with Crippen molar-refractivity contribution in [2.24, 2.45) is 5.92 Å². The molecule has 1 aliphatic carbocycles. The number of halogens is 1. The van der Waals surface area contributed by atoms with Gasteiger partial charge in [0, 0.05) is 16.5 Å². The fourth-order valence-electron chi connectivity index (χ4n) is 4.02. The minimum atomic E-state index is -0.562. The Morgan fingerprint density at radius 2 is 1.48 bits per heavy atom. The summed E-state index contributed by atoms with van der Waals surface area (Å²) in [5.74, 6) is -0.592. The van der Waals surface area contributed by atoms with Crippen LogP contribution in [-0.4, -0.2) is 11.8 Å². The first kappa shape index (κ1) is 23.1. The van der Waals surface area contributed by atoms with Gasteiger partial charge >= 0.3 is 0 Å². The van der Waals surface area contributed by atoms with Gasteiger partial charge in [-0.15, -0.1) is 11.8 Å². The Bertz CT molecular complexity index is 1080. The summed E-state index contributed by atoms with van der Waals surface area (Å²) in [7, 11) is 0. The fourth-order valence-corrected chi connectivity index (χ4v) is 5.05. The lowest BCUT2D eigenvalue weighted by atomic mass is 9.88. The number of amides is 2. The topological polar surface area (TPSA) is 58.2 Å². The van der Waals surface area contributed by atoms with Crippen LogP contribution in [0.25, 0.3) is 0 Å². The second kappa shape index (κ2) is 11.1. The van der Waals surface area contributed by atoms with E-state index in [2.05, 4.69) is 10.6 Å². The van der Waals surface area contributed by atoms with Crippen molar-refractivity contribution >= 4 is 35.0 Å². The quantitative estimate of drug-likeness (QED) is 0.379. The normalized spacial score (nSPS) is 14.9. The second-order valence-electron chi connectivity index (χ2n) is 8.23. The summed E-state index contributed by atoms with van der Waals surface area (Å²) in [5, 5.41) is 5.17. The Kier molecular flexibility index (Phi) is 7.79. The molecule has 2 N–H and O–H groups in total. The van der Waals surface area contributed by atoms with Crippen molar-refractivity contribution in [1.82, 2.24) is 0 Å². The summed E-state index contributed by atoms with van der Waals surface area (Å²) < 4.78 is 14.1. The molecule has 6 heteroatoms. The van der Waals surface area contributed by atoms with E-state index < -0.39 is 11.1 Å². The molecule has 4 rings (SSSR count). The van der Waals surface area contributed by atoms with Gasteiger partial charge in [-0.05, 0) is 54.8 Å². The van der Waals surface area contributed by atoms with E-state index in [4.69, 9.17) is 0 Å². The van der Waals surface area contributed by atoms with E-state index in [9.17, 15) is 14.0 Å². The molecular formula is C27H27FN2O2S. The zero-order valence-electron chi connectivity index (χ0n) is 18.3. The number of carbonyl (C=O) groups excluding carboxylic acids is 2. The van der Waals surface area contributed by atoms with Gasteiger partial charge < -0.3 is 10.6 Å². The molecule has 33 heavy (non-hydrogen) atoms. The molecule has 4 nitrogen and oxygen atoms in total. The van der Waals surface area contributed by atoms with Crippen LogP contribution >= 0.6 is 11.8 Å². The van der Waals surface area contributed by atoms with Gasteiger partial charge in [-0.2, -0.15) is 0 Å². The highest BCUT2D eigenvalue weighted by molar-refractivity contribution is 8.00. The SMILES string of the molecule is O=C(Nc1ccc(SC(C(=O)Nc2ccccc2F)c2ccccc2)cc1)C1CCCCC1. The predicted octanol–water partition coefficient (Wildman–Crippen LogP) is 6.82. The maximum atomic E-state index is 14.1. The van der Waals surface area contributed by atoms with Gasteiger partial charge in [0.15, 0.2) is 0 Å². The number of benzene rings is 3. The summed E-state index contributed by atoms with van der Waals surface area (Å²) in [6.45, 7) is 0. The molecule has 0 bridgehead atoms. The first-order valence-electron chi connectivity index (χ1n) is 11.3. The van der Waals surface area contributed by atoms with E-state index in [-0.39, 0.29) is 23.4 Å². The maximum absolute atomic E-state index is 14.1. The van der Waals surface area contributed by atoms with Crippen molar-refractivity contribution < 1.29 is 14.0 Å². The second-order valence-corrected chi connectivity index (χ2v) is 9.40. The zero-order chi connectivity index (χ0) is 23.0. The van der Waals surface area contributed by atoms with Gasteiger partial charge in [-0.3, -0.25) is 9.59 Å². The highest BCUT2D eigenvalue weighted by atomic mass is 32.2. The summed E-state index contributed by atoms with van der Waals surface area (Å²) >= 11 is 1.38. The van der Waals surface area contributed by atoms with Crippen LogP contribution in [0.3, 0.4) is 0 Å². The molecule has 1 fully saturated rings. The Morgan fingerprint density at radius 3 is 2.18 bits per heavy atom. The monoisotopic (exact) mass is 462 g/mol. The van der Waals surface area contributed by atoms with Gasteiger partial charge in [-0.1, -0.05) is 61.7 Å². The van der Waals surface area contributed by atoms with E-state index in [1.165, 1.54) is 24.2 Å². The number of nitrogens with one attached hydrogen (secondary N) is 2. The van der Waals surface area contributed by atoms with Gasteiger partial charge in [0.2, 0.25) is 11.8 Å². The number of anilines is 2. The van der Waals surface area contributed by atoms with E-state index in [0.717, 1.165) is 41.8 Å². The number of para-hydroxylation sites is 1. The lowest BCUT2D eigenvalue weighted by Gasteiger charge is -2.21. The van der Waals surface area contributed by atoms with E-state index in [1.807, 2.05) is 54.6 Å². The Balaban J connectivity index is 1.46. The number of hydrogen-bond acceptors (Lipinski definition) is 3. The van der Waals surface area contributed by atoms with Crippen molar-refractivity contribution in [3.05, 3.63) is 90.2 Å². The van der Waals surface area contributed by atoms with E-state index in [0.29, 0.717) is 0 Å². The standard InChI is InChI=1S/C27H27FN2O2S/c28-23-13-7-8-14-24(23)30-27(32)25(19-9-3-1-4-10-19)33-22-17-15-21(16-18-22)29-26(31)20-11-5-2-6-12-20/h1,3-4,7-10,13-18,20,25H,2,5-6,11-12H2,(H,29,31)(H,30,32). The van der Waals surface area contributed by atoms with Crippen LogP contribution in [0.4, 0.5) is 15.8 Å². The lowest BCUT2D eigenvalue weighted by Crippen LogP contribution is -2.24. The highest BCUT2D eigenvalue weighted by Gasteiger charge is 2.24. The van der Waals surface area contributed by atoms with Crippen LogP contribution in [0.5, 0.6) is 0 Å². The minimum absolute atomic E-state index is 0.0848. The molecule has 0 radical (unpaired) electrons. The molecular weight excluding hydrogens is 435 g/mol.